The highest BCUT2D eigenvalue weighted by Crippen LogP contribution is 2.22. The Balaban J connectivity index is 1.95. The summed E-state index contributed by atoms with van der Waals surface area (Å²) in [5.41, 5.74) is 1.25. The molecule has 0 saturated carbocycles. The lowest BCUT2D eigenvalue weighted by Crippen LogP contribution is -2.32. The minimum atomic E-state index is -0.111. The summed E-state index contributed by atoms with van der Waals surface area (Å²) in [6, 6.07) is 7.13. The van der Waals surface area contributed by atoms with Crippen LogP contribution in [-0.4, -0.2) is 41.4 Å². The maximum atomic E-state index is 12.2. The van der Waals surface area contributed by atoms with Crippen LogP contribution in [0.15, 0.2) is 36.9 Å². The van der Waals surface area contributed by atoms with Crippen LogP contribution in [0.4, 0.5) is 16.2 Å². The lowest BCUT2D eigenvalue weighted by Gasteiger charge is -2.18. The van der Waals surface area contributed by atoms with Gasteiger partial charge < -0.3 is 15.5 Å². The third-order valence-corrected chi connectivity index (χ3v) is 4.24. The second kappa shape index (κ2) is 8.48. The van der Waals surface area contributed by atoms with E-state index in [0.717, 1.165) is 31.7 Å². The van der Waals surface area contributed by atoms with Gasteiger partial charge in [-0.3, -0.25) is 4.79 Å². The Morgan fingerprint density at radius 2 is 1.82 bits per heavy atom. The highest BCUT2D eigenvalue weighted by atomic mass is 32.2. The summed E-state index contributed by atoms with van der Waals surface area (Å²) < 4.78 is 0. The minimum absolute atomic E-state index is 0.0882. The lowest BCUT2D eigenvalue weighted by molar-refractivity contribution is -0.113. The van der Waals surface area contributed by atoms with Crippen LogP contribution >= 0.6 is 11.8 Å². The number of nitrogens with zero attached hydrogens (tertiary/aromatic N) is 1. The number of anilines is 2. The van der Waals surface area contributed by atoms with Gasteiger partial charge in [-0.2, -0.15) is 0 Å². The van der Waals surface area contributed by atoms with E-state index in [0.29, 0.717) is 17.1 Å². The molecule has 0 atom stereocenters. The zero-order chi connectivity index (χ0) is 15.8. The van der Waals surface area contributed by atoms with Crippen LogP contribution in [0, 0.1) is 0 Å². The molecule has 1 aromatic carbocycles. The van der Waals surface area contributed by atoms with E-state index in [2.05, 4.69) is 17.2 Å². The molecular weight excluding hydrogens is 298 g/mol. The molecule has 3 amide bonds. The van der Waals surface area contributed by atoms with Crippen LogP contribution in [-0.2, 0) is 4.79 Å². The summed E-state index contributed by atoms with van der Waals surface area (Å²) >= 11 is 1.50. The monoisotopic (exact) mass is 319 g/mol. The molecule has 1 fully saturated rings. The van der Waals surface area contributed by atoms with Crippen LogP contribution < -0.4 is 10.6 Å². The van der Waals surface area contributed by atoms with E-state index in [9.17, 15) is 9.59 Å². The molecule has 118 valence electrons. The van der Waals surface area contributed by atoms with Crippen molar-refractivity contribution in [1.29, 1.82) is 0 Å². The minimum Gasteiger partial charge on any atom is -0.325 e. The van der Waals surface area contributed by atoms with Gasteiger partial charge in [-0.15, -0.1) is 18.3 Å². The molecule has 0 aromatic heterocycles. The third kappa shape index (κ3) is 4.80. The highest BCUT2D eigenvalue weighted by Gasteiger charge is 2.18. The Labute approximate surface area is 135 Å². The first-order valence-electron chi connectivity index (χ1n) is 7.34. The summed E-state index contributed by atoms with van der Waals surface area (Å²) in [7, 11) is 0. The number of hydrogen-bond donors (Lipinski definition) is 2. The van der Waals surface area contributed by atoms with Gasteiger partial charge >= 0.3 is 6.03 Å². The lowest BCUT2D eigenvalue weighted by atomic mass is 10.2. The number of likely N-dealkylation sites (tertiary alicyclic amines) is 1. The van der Waals surface area contributed by atoms with Crippen molar-refractivity contribution in [2.75, 3.05) is 35.2 Å². The van der Waals surface area contributed by atoms with Gasteiger partial charge in [0.05, 0.1) is 17.1 Å². The number of urea groups is 1. The Morgan fingerprint density at radius 1 is 1.18 bits per heavy atom. The van der Waals surface area contributed by atoms with Crippen molar-refractivity contribution in [2.45, 2.75) is 12.8 Å². The summed E-state index contributed by atoms with van der Waals surface area (Å²) in [6.07, 6.45) is 3.86. The van der Waals surface area contributed by atoms with E-state index in [4.69, 9.17) is 0 Å². The van der Waals surface area contributed by atoms with Crippen LogP contribution in [0.3, 0.4) is 0 Å². The topological polar surface area (TPSA) is 61.4 Å². The summed E-state index contributed by atoms with van der Waals surface area (Å²) in [4.78, 5) is 25.8. The predicted octanol–water partition coefficient (Wildman–Crippen LogP) is 3.17. The molecule has 2 N–H and O–H groups in total. The quantitative estimate of drug-likeness (QED) is 0.625. The SMILES string of the molecule is C=CCSCC(=O)Nc1ccccc1NC(=O)N1CCCC1. The first-order chi connectivity index (χ1) is 10.7. The van der Waals surface area contributed by atoms with Crippen molar-refractivity contribution < 1.29 is 9.59 Å². The van der Waals surface area contributed by atoms with Gasteiger partial charge in [0.15, 0.2) is 0 Å². The number of nitrogens with one attached hydrogen (secondary N) is 2. The average Bonchev–Trinajstić information content (AvgIpc) is 3.04. The third-order valence-electron chi connectivity index (χ3n) is 3.30. The Bertz CT molecular complexity index is 542. The van der Waals surface area contributed by atoms with Gasteiger partial charge in [0.1, 0.15) is 0 Å². The predicted molar refractivity (Wildman–Crippen MR) is 92.4 cm³/mol. The van der Waals surface area contributed by atoms with E-state index in [1.165, 1.54) is 11.8 Å². The molecule has 0 radical (unpaired) electrons. The standard InChI is InChI=1S/C16H21N3O2S/c1-2-11-22-12-15(20)17-13-7-3-4-8-14(13)18-16(21)19-9-5-6-10-19/h2-4,7-8H,1,5-6,9-12H2,(H,17,20)(H,18,21). The molecule has 1 saturated heterocycles. The maximum Gasteiger partial charge on any atom is 0.321 e. The van der Waals surface area contributed by atoms with Crippen LogP contribution in [0.5, 0.6) is 0 Å². The second-order valence-electron chi connectivity index (χ2n) is 5.02. The van der Waals surface area contributed by atoms with Gasteiger partial charge in [-0.1, -0.05) is 18.2 Å². The molecule has 6 heteroatoms. The Morgan fingerprint density at radius 3 is 2.45 bits per heavy atom. The second-order valence-corrected chi connectivity index (χ2v) is 6.05. The maximum absolute atomic E-state index is 12.2. The fourth-order valence-electron chi connectivity index (χ4n) is 2.24. The molecule has 0 bridgehead atoms. The fraction of sp³-hybridized carbons (Fsp3) is 0.375. The number of amides is 3. The van der Waals surface area contributed by atoms with Gasteiger partial charge in [-0.25, -0.2) is 4.79 Å². The van der Waals surface area contributed by atoms with E-state index in [-0.39, 0.29) is 11.9 Å². The molecule has 0 aliphatic carbocycles. The smallest absolute Gasteiger partial charge is 0.321 e. The number of benzene rings is 1. The molecule has 1 aliphatic rings. The van der Waals surface area contributed by atoms with Crippen LogP contribution in [0.1, 0.15) is 12.8 Å². The van der Waals surface area contributed by atoms with Crippen molar-refractivity contribution in [3.05, 3.63) is 36.9 Å². The van der Waals surface area contributed by atoms with Gasteiger partial charge in [0, 0.05) is 18.8 Å². The Kier molecular flexibility index (Phi) is 6.33. The van der Waals surface area contributed by atoms with Gasteiger partial charge in [-0.05, 0) is 25.0 Å². The number of thioether (sulfide) groups is 1. The van der Waals surface area contributed by atoms with Crippen molar-refractivity contribution in [3.63, 3.8) is 0 Å². The van der Waals surface area contributed by atoms with Crippen molar-refractivity contribution in [2.24, 2.45) is 0 Å². The molecule has 1 aliphatic heterocycles. The van der Waals surface area contributed by atoms with Gasteiger partial charge in [0.25, 0.3) is 0 Å². The van der Waals surface area contributed by atoms with Crippen molar-refractivity contribution in [1.82, 2.24) is 4.90 Å². The van der Waals surface area contributed by atoms with Crippen LogP contribution in [0.25, 0.3) is 0 Å². The number of rotatable bonds is 6. The first kappa shape index (κ1) is 16.4. The Hall–Kier alpha value is -1.95. The summed E-state index contributed by atoms with van der Waals surface area (Å²) in [5, 5.41) is 5.71. The molecule has 0 unspecified atom stereocenters. The number of carbonyl (C=O) groups is 2. The zero-order valence-corrected chi connectivity index (χ0v) is 13.3. The van der Waals surface area contributed by atoms with E-state index in [1.54, 1.807) is 23.1 Å². The molecular formula is C16H21N3O2S. The molecule has 0 spiro atoms. The summed E-state index contributed by atoms with van der Waals surface area (Å²) in [6.45, 7) is 5.20. The van der Waals surface area contributed by atoms with E-state index < -0.39 is 0 Å². The molecule has 1 aromatic rings. The molecule has 22 heavy (non-hydrogen) atoms. The van der Waals surface area contributed by atoms with Crippen molar-refractivity contribution >= 4 is 35.1 Å². The van der Waals surface area contributed by atoms with Crippen LogP contribution in [0.2, 0.25) is 0 Å². The van der Waals surface area contributed by atoms with Crippen molar-refractivity contribution in [3.8, 4) is 0 Å². The van der Waals surface area contributed by atoms with E-state index in [1.807, 2.05) is 12.1 Å². The normalized spacial score (nSPS) is 13.7. The van der Waals surface area contributed by atoms with Gasteiger partial charge in [0.2, 0.25) is 5.91 Å². The zero-order valence-electron chi connectivity index (χ0n) is 12.5. The molecule has 2 rings (SSSR count). The number of carbonyl (C=O) groups excluding carboxylic acids is 2. The fourth-order valence-corrected chi connectivity index (χ4v) is 2.78. The average molecular weight is 319 g/mol. The largest absolute Gasteiger partial charge is 0.325 e. The van der Waals surface area contributed by atoms with E-state index >= 15 is 0 Å². The molecule has 1 heterocycles. The highest BCUT2D eigenvalue weighted by molar-refractivity contribution is 8.00. The molecule has 5 nitrogen and oxygen atoms in total. The first-order valence-corrected chi connectivity index (χ1v) is 8.49. The number of hydrogen-bond acceptors (Lipinski definition) is 3. The summed E-state index contributed by atoms with van der Waals surface area (Å²) in [5.74, 6) is 1.01. The number of para-hydroxylation sites is 2.